The van der Waals surface area contributed by atoms with Crippen molar-refractivity contribution in [1.29, 1.82) is 0 Å². The van der Waals surface area contributed by atoms with Gasteiger partial charge >= 0.3 is 0 Å². The molecule has 3 N–H and O–H groups in total. The highest BCUT2D eigenvalue weighted by molar-refractivity contribution is 5.44. The van der Waals surface area contributed by atoms with Crippen molar-refractivity contribution in [2.75, 3.05) is 18.5 Å². The molecule has 0 spiro atoms. The Bertz CT molecular complexity index is 246. The summed E-state index contributed by atoms with van der Waals surface area (Å²) in [6, 6.07) is 7.88. The highest BCUT2D eigenvalue weighted by atomic mass is 16.3. The Morgan fingerprint density at radius 1 is 1.31 bits per heavy atom. The first-order valence-electron chi connectivity index (χ1n) is 4.32. The number of hydrogen-bond donors (Lipinski definition) is 3. The van der Waals surface area contributed by atoms with E-state index in [2.05, 4.69) is 5.32 Å². The standard InChI is InChI=1S/C10H15NO2/c1-8-2-4-9(5-3-8)11-6-10(13)7-12/h2-5,10-13H,6-7H2,1H3. The molecule has 0 aliphatic rings. The van der Waals surface area contributed by atoms with E-state index in [-0.39, 0.29) is 6.61 Å². The van der Waals surface area contributed by atoms with Crippen LogP contribution in [0.15, 0.2) is 24.3 Å². The molecule has 1 unspecified atom stereocenters. The van der Waals surface area contributed by atoms with Crippen molar-refractivity contribution in [2.45, 2.75) is 13.0 Å². The smallest absolute Gasteiger partial charge is 0.0942 e. The topological polar surface area (TPSA) is 52.5 Å². The van der Waals surface area contributed by atoms with Crippen LogP contribution in [0, 0.1) is 6.92 Å². The number of anilines is 1. The average molecular weight is 181 g/mol. The van der Waals surface area contributed by atoms with Crippen LogP contribution in [0.4, 0.5) is 5.69 Å². The Morgan fingerprint density at radius 2 is 1.92 bits per heavy atom. The number of aryl methyl sites for hydroxylation is 1. The Hall–Kier alpha value is -1.06. The lowest BCUT2D eigenvalue weighted by atomic mass is 10.2. The maximum absolute atomic E-state index is 9.06. The van der Waals surface area contributed by atoms with Gasteiger partial charge in [-0.1, -0.05) is 17.7 Å². The van der Waals surface area contributed by atoms with Gasteiger partial charge in [0.15, 0.2) is 0 Å². The number of benzene rings is 1. The molecule has 1 rings (SSSR count). The fourth-order valence-electron chi connectivity index (χ4n) is 0.972. The predicted octanol–water partition coefficient (Wildman–Crippen LogP) is 0.760. The first-order chi connectivity index (χ1) is 6.22. The zero-order chi connectivity index (χ0) is 9.68. The van der Waals surface area contributed by atoms with Gasteiger partial charge in [0.05, 0.1) is 12.7 Å². The molecular formula is C10H15NO2. The van der Waals surface area contributed by atoms with E-state index < -0.39 is 6.10 Å². The maximum Gasteiger partial charge on any atom is 0.0942 e. The lowest BCUT2D eigenvalue weighted by Gasteiger charge is -2.09. The fourth-order valence-corrected chi connectivity index (χ4v) is 0.972. The molecule has 0 saturated carbocycles. The minimum absolute atomic E-state index is 0.209. The summed E-state index contributed by atoms with van der Waals surface area (Å²) < 4.78 is 0. The first kappa shape index (κ1) is 10.0. The fraction of sp³-hybridized carbons (Fsp3) is 0.400. The van der Waals surface area contributed by atoms with Gasteiger partial charge in [-0.15, -0.1) is 0 Å². The lowest BCUT2D eigenvalue weighted by Crippen LogP contribution is -2.22. The van der Waals surface area contributed by atoms with Crippen molar-refractivity contribution in [2.24, 2.45) is 0 Å². The van der Waals surface area contributed by atoms with Gasteiger partial charge in [-0.3, -0.25) is 0 Å². The van der Waals surface area contributed by atoms with Crippen LogP contribution in [0.25, 0.3) is 0 Å². The second-order valence-corrected chi connectivity index (χ2v) is 3.08. The molecule has 0 fully saturated rings. The SMILES string of the molecule is Cc1ccc(NCC(O)CO)cc1. The van der Waals surface area contributed by atoms with E-state index in [1.54, 1.807) is 0 Å². The summed E-state index contributed by atoms with van der Waals surface area (Å²) in [5.74, 6) is 0. The van der Waals surface area contributed by atoms with Crippen LogP contribution < -0.4 is 5.32 Å². The summed E-state index contributed by atoms with van der Waals surface area (Å²) in [5.41, 5.74) is 2.16. The van der Waals surface area contributed by atoms with Crippen LogP contribution in [-0.2, 0) is 0 Å². The molecule has 3 heteroatoms. The van der Waals surface area contributed by atoms with E-state index in [1.807, 2.05) is 31.2 Å². The van der Waals surface area contributed by atoms with Gasteiger partial charge in [-0.05, 0) is 19.1 Å². The van der Waals surface area contributed by atoms with Crippen LogP contribution in [0.2, 0.25) is 0 Å². The number of aliphatic hydroxyl groups excluding tert-OH is 2. The van der Waals surface area contributed by atoms with Gasteiger partial charge in [0.2, 0.25) is 0 Å². The predicted molar refractivity (Wildman–Crippen MR) is 52.8 cm³/mol. The number of rotatable bonds is 4. The third-order valence-electron chi connectivity index (χ3n) is 1.80. The molecule has 1 aromatic carbocycles. The summed E-state index contributed by atoms with van der Waals surface area (Å²) in [4.78, 5) is 0. The zero-order valence-corrected chi connectivity index (χ0v) is 7.70. The van der Waals surface area contributed by atoms with Crippen molar-refractivity contribution >= 4 is 5.69 Å². The lowest BCUT2D eigenvalue weighted by molar-refractivity contribution is 0.105. The van der Waals surface area contributed by atoms with E-state index in [0.29, 0.717) is 6.54 Å². The molecule has 0 aliphatic carbocycles. The highest BCUT2D eigenvalue weighted by Gasteiger charge is 2.00. The van der Waals surface area contributed by atoms with Crippen molar-refractivity contribution in [3.63, 3.8) is 0 Å². The summed E-state index contributed by atoms with van der Waals surface area (Å²) in [6.45, 7) is 2.19. The Labute approximate surface area is 78.0 Å². The minimum Gasteiger partial charge on any atom is -0.394 e. The number of nitrogens with one attached hydrogen (secondary N) is 1. The van der Waals surface area contributed by atoms with Crippen LogP contribution in [0.1, 0.15) is 5.56 Å². The van der Waals surface area contributed by atoms with Crippen LogP contribution >= 0.6 is 0 Å². The summed E-state index contributed by atoms with van der Waals surface area (Å²) in [6.07, 6.45) is -0.693. The molecule has 1 atom stereocenters. The monoisotopic (exact) mass is 181 g/mol. The van der Waals surface area contributed by atoms with E-state index in [9.17, 15) is 0 Å². The van der Waals surface area contributed by atoms with Gasteiger partial charge < -0.3 is 15.5 Å². The molecule has 0 radical (unpaired) electrons. The molecule has 1 aromatic rings. The summed E-state index contributed by atoms with van der Waals surface area (Å²) >= 11 is 0. The van der Waals surface area contributed by atoms with E-state index in [4.69, 9.17) is 10.2 Å². The summed E-state index contributed by atoms with van der Waals surface area (Å²) in [7, 11) is 0. The molecular weight excluding hydrogens is 166 g/mol. The molecule has 0 aliphatic heterocycles. The van der Waals surface area contributed by atoms with Crippen molar-refractivity contribution in [1.82, 2.24) is 0 Å². The van der Waals surface area contributed by atoms with E-state index in [0.717, 1.165) is 5.69 Å². The molecule has 0 amide bonds. The Morgan fingerprint density at radius 3 is 2.46 bits per heavy atom. The van der Waals surface area contributed by atoms with Crippen LogP contribution in [0.3, 0.4) is 0 Å². The largest absolute Gasteiger partial charge is 0.394 e. The summed E-state index contributed by atoms with van der Waals surface area (Å²) in [5, 5.41) is 20.6. The molecule has 13 heavy (non-hydrogen) atoms. The highest BCUT2D eigenvalue weighted by Crippen LogP contribution is 2.07. The van der Waals surface area contributed by atoms with Gasteiger partial charge in [0, 0.05) is 12.2 Å². The molecule has 0 heterocycles. The second kappa shape index (κ2) is 4.84. The number of hydrogen-bond acceptors (Lipinski definition) is 3. The van der Waals surface area contributed by atoms with Gasteiger partial charge in [0.25, 0.3) is 0 Å². The maximum atomic E-state index is 9.06. The second-order valence-electron chi connectivity index (χ2n) is 3.08. The van der Waals surface area contributed by atoms with Crippen molar-refractivity contribution < 1.29 is 10.2 Å². The van der Waals surface area contributed by atoms with E-state index >= 15 is 0 Å². The van der Waals surface area contributed by atoms with Crippen LogP contribution in [-0.4, -0.2) is 29.5 Å². The third kappa shape index (κ3) is 3.44. The molecule has 72 valence electrons. The quantitative estimate of drug-likeness (QED) is 0.642. The molecule has 0 bridgehead atoms. The number of aliphatic hydroxyl groups is 2. The van der Waals surface area contributed by atoms with Gasteiger partial charge in [0.1, 0.15) is 0 Å². The third-order valence-corrected chi connectivity index (χ3v) is 1.80. The van der Waals surface area contributed by atoms with Gasteiger partial charge in [-0.25, -0.2) is 0 Å². The Kier molecular flexibility index (Phi) is 3.73. The van der Waals surface area contributed by atoms with Gasteiger partial charge in [-0.2, -0.15) is 0 Å². The van der Waals surface area contributed by atoms with Crippen molar-refractivity contribution in [3.8, 4) is 0 Å². The molecule has 0 aromatic heterocycles. The average Bonchev–Trinajstić information content (AvgIpc) is 2.16. The zero-order valence-electron chi connectivity index (χ0n) is 7.70. The normalized spacial score (nSPS) is 12.5. The first-order valence-corrected chi connectivity index (χ1v) is 4.32. The van der Waals surface area contributed by atoms with E-state index in [1.165, 1.54) is 5.56 Å². The van der Waals surface area contributed by atoms with Crippen LogP contribution in [0.5, 0.6) is 0 Å². The Balaban J connectivity index is 2.41. The minimum atomic E-state index is -0.693. The molecule has 0 saturated heterocycles. The van der Waals surface area contributed by atoms with Crippen molar-refractivity contribution in [3.05, 3.63) is 29.8 Å². The molecule has 3 nitrogen and oxygen atoms in total.